The van der Waals surface area contributed by atoms with E-state index in [1.165, 1.54) is 12.1 Å². The Morgan fingerprint density at radius 1 is 0.857 bits per heavy atom. The molecule has 0 saturated carbocycles. The van der Waals surface area contributed by atoms with Gasteiger partial charge in [-0.25, -0.2) is 8.78 Å². The highest BCUT2D eigenvalue weighted by Gasteiger charge is 2.14. The minimum absolute atomic E-state index is 0.255. The fourth-order valence-electron chi connectivity index (χ4n) is 2.60. The first-order chi connectivity index (χ1) is 10.1. The molecule has 3 rings (SSSR count). The molecule has 106 valence electrons. The summed E-state index contributed by atoms with van der Waals surface area (Å²) < 4.78 is 27.2. The van der Waals surface area contributed by atoms with E-state index in [0.29, 0.717) is 10.9 Å². The molecule has 0 aliphatic carbocycles. The van der Waals surface area contributed by atoms with Gasteiger partial charge in [0, 0.05) is 5.39 Å². The Balaban J connectivity index is 2.15. The molecule has 0 aliphatic rings. The molecule has 0 fully saturated rings. The Hall–Kier alpha value is -2.26. The molecular weight excluding hydrogens is 268 g/mol. The molecule has 0 amide bonds. The van der Waals surface area contributed by atoms with Gasteiger partial charge >= 0.3 is 0 Å². The van der Waals surface area contributed by atoms with Gasteiger partial charge in [-0.3, -0.25) is 0 Å². The van der Waals surface area contributed by atoms with E-state index in [4.69, 9.17) is 5.73 Å². The summed E-state index contributed by atoms with van der Waals surface area (Å²) in [6, 6.07) is 14.8. The van der Waals surface area contributed by atoms with Crippen molar-refractivity contribution in [3.63, 3.8) is 0 Å². The number of halogens is 2. The first-order valence-corrected chi connectivity index (χ1v) is 6.76. The molecule has 0 bridgehead atoms. The molecule has 0 aromatic heterocycles. The number of rotatable bonds is 2. The largest absolute Gasteiger partial charge is 0.320 e. The third-order valence-electron chi connectivity index (χ3n) is 3.78. The zero-order valence-corrected chi connectivity index (χ0v) is 11.6. The molecule has 3 aromatic carbocycles. The van der Waals surface area contributed by atoms with Crippen LogP contribution in [0.15, 0.2) is 54.6 Å². The lowest BCUT2D eigenvalue weighted by atomic mass is 9.93. The van der Waals surface area contributed by atoms with Crippen molar-refractivity contribution in [2.24, 2.45) is 5.73 Å². The topological polar surface area (TPSA) is 26.0 Å². The number of hydrogen-bond donors (Lipinski definition) is 1. The molecule has 0 heterocycles. The fourth-order valence-corrected chi connectivity index (χ4v) is 2.60. The third kappa shape index (κ3) is 2.41. The van der Waals surface area contributed by atoms with Gasteiger partial charge in [-0.05, 0) is 41.1 Å². The second kappa shape index (κ2) is 5.26. The number of fused-ring (bicyclic) bond motifs is 1. The van der Waals surface area contributed by atoms with E-state index in [2.05, 4.69) is 0 Å². The van der Waals surface area contributed by atoms with Gasteiger partial charge in [0.2, 0.25) is 0 Å². The van der Waals surface area contributed by atoms with Crippen LogP contribution in [-0.4, -0.2) is 0 Å². The number of aryl methyl sites for hydroxylation is 1. The maximum absolute atomic E-state index is 13.9. The SMILES string of the molecule is Cc1cc(C(N)c2ccc(F)c3ccccc23)ccc1F. The van der Waals surface area contributed by atoms with Crippen molar-refractivity contribution in [3.8, 4) is 0 Å². The predicted molar refractivity (Wildman–Crippen MR) is 81.1 cm³/mol. The second-order valence-electron chi connectivity index (χ2n) is 5.17. The normalized spacial score (nSPS) is 12.6. The summed E-state index contributed by atoms with van der Waals surface area (Å²) in [5, 5.41) is 1.33. The number of benzene rings is 3. The third-order valence-corrected chi connectivity index (χ3v) is 3.78. The molecule has 1 unspecified atom stereocenters. The fraction of sp³-hybridized carbons (Fsp3) is 0.111. The van der Waals surface area contributed by atoms with Crippen molar-refractivity contribution in [1.82, 2.24) is 0 Å². The van der Waals surface area contributed by atoms with Crippen molar-refractivity contribution >= 4 is 10.8 Å². The van der Waals surface area contributed by atoms with Crippen LogP contribution in [0.3, 0.4) is 0 Å². The average molecular weight is 283 g/mol. The van der Waals surface area contributed by atoms with Crippen LogP contribution in [-0.2, 0) is 0 Å². The highest BCUT2D eigenvalue weighted by atomic mass is 19.1. The van der Waals surface area contributed by atoms with Crippen molar-refractivity contribution in [3.05, 3.63) is 82.9 Å². The molecule has 21 heavy (non-hydrogen) atoms. The van der Waals surface area contributed by atoms with E-state index in [1.807, 2.05) is 12.1 Å². The first kappa shape index (κ1) is 13.7. The van der Waals surface area contributed by atoms with E-state index in [9.17, 15) is 8.78 Å². The molecule has 3 aromatic rings. The second-order valence-corrected chi connectivity index (χ2v) is 5.17. The summed E-state index contributed by atoms with van der Waals surface area (Å²) in [7, 11) is 0. The van der Waals surface area contributed by atoms with Gasteiger partial charge in [-0.1, -0.05) is 42.5 Å². The zero-order valence-electron chi connectivity index (χ0n) is 11.6. The van der Waals surface area contributed by atoms with Crippen LogP contribution in [0.25, 0.3) is 10.8 Å². The minimum Gasteiger partial charge on any atom is -0.320 e. The van der Waals surface area contributed by atoms with Crippen LogP contribution in [0.5, 0.6) is 0 Å². The lowest BCUT2D eigenvalue weighted by Crippen LogP contribution is -2.13. The molecule has 0 spiro atoms. The summed E-state index contributed by atoms with van der Waals surface area (Å²) in [6.07, 6.45) is 0. The predicted octanol–water partition coefficient (Wildman–Crippen LogP) is 4.47. The summed E-state index contributed by atoms with van der Waals surface area (Å²) in [5.41, 5.74) is 8.50. The Labute approximate surface area is 122 Å². The van der Waals surface area contributed by atoms with E-state index in [1.54, 1.807) is 37.3 Å². The molecule has 0 aliphatic heterocycles. The Kier molecular flexibility index (Phi) is 3.43. The summed E-state index contributed by atoms with van der Waals surface area (Å²) in [5.74, 6) is -0.522. The van der Waals surface area contributed by atoms with Crippen LogP contribution in [0.4, 0.5) is 8.78 Å². The van der Waals surface area contributed by atoms with Gasteiger partial charge in [0.25, 0.3) is 0 Å². The summed E-state index contributed by atoms with van der Waals surface area (Å²) >= 11 is 0. The first-order valence-electron chi connectivity index (χ1n) is 6.76. The lowest BCUT2D eigenvalue weighted by molar-refractivity contribution is 0.617. The molecular formula is C18H15F2N. The maximum Gasteiger partial charge on any atom is 0.131 e. The quantitative estimate of drug-likeness (QED) is 0.737. The van der Waals surface area contributed by atoms with Crippen LogP contribution >= 0.6 is 0 Å². The number of nitrogens with two attached hydrogens (primary N) is 1. The minimum atomic E-state index is -0.421. The van der Waals surface area contributed by atoms with E-state index < -0.39 is 6.04 Å². The van der Waals surface area contributed by atoms with Crippen molar-refractivity contribution in [2.75, 3.05) is 0 Å². The summed E-state index contributed by atoms with van der Waals surface area (Å²) in [4.78, 5) is 0. The molecule has 2 N–H and O–H groups in total. The van der Waals surface area contributed by atoms with Gasteiger partial charge in [0.05, 0.1) is 6.04 Å². The van der Waals surface area contributed by atoms with Gasteiger partial charge in [-0.2, -0.15) is 0 Å². The Bertz CT molecular complexity index is 811. The zero-order chi connectivity index (χ0) is 15.0. The summed E-state index contributed by atoms with van der Waals surface area (Å²) in [6.45, 7) is 1.70. The Morgan fingerprint density at radius 3 is 2.24 bits per heavy atom. The molecule has 1 nitrogen and oxygen atoms in total. The van der Waals surface area contributed by atoms with Crippen LogP contribution < -0.4 is 5.73 Å². The maximum atomic E-state index is 13.9. The molecule has 0 radical (unpaired) electrons. The lowest BCUT2D eigenvalue weighted by Gasteiger charge is -2.16. The van der Waals surface area contributed by atoms with Gasteiger partial charge in [-0.15, -0.1) is 0 Å². The van der Waals surface area contributed by atoms with Gasteiger partial charge in [0.1, 0.15) is 11.6 Å². The molecule has 1 atom stereocenters. The van der Waals surface area contributed by atoms with Crippen molar-refractivity contribution < 1.29 is 8.78 Å². The van der Waals surface area contributed by atoms with Crippen LogP contribution in [0.2, 0.25) is 0 Å². The monoisotopic (exact) mass is 283 g/mol. The van der Waals surface area contributed by atoms with Crippen LogP contribution in [0.1, 0.15) is 22.7 Å². The molecule has 0 saturated heterocycles. The van der Waals surface area contributed by atoms with E-state index in [0.717, 1.165) is 16.5 Å². The smallest absolute Gasteiger partial charge is 0.131 e. The van der Waals surface area contributed by atoms with Crippen molar-refractivity contribution in [2.45, 2.75) is 13.0 Å². The van der Waals surface area contributed by atoms with Crippen LogP contribution in [0, 0.1) is 18.6 Å². The highest BCUT2D eigenvalue weighted by molar-refractivity contribution is 5.87. The standard InChI is InChI=1S/C18H15F2N/c1-11-10-12(6-8-16(11)19)18(21)15-7-9-17(20)14-5-3-2-4-13(14)15/h2-10,18H,21H2,1H3. The van der Waals surface area contributed by atoms with Gasteiger partial charge < -0.3 is 5.73 Å². The van der Waals surface area contributed by atoms with E-state index >= 15 is 0 Å². The van der Waals surface area contributed by atoms with Crippen molar-refractivity contribution in [1.29, 1.82) is 0 Å². The highest BCUT2D eigenvalue weighted by Crippen LogP contribution is 2.29. The molecule has 3 heteroatoms. The Morgan fingerprint density at radius 2 is 1.52 bits per heavy atom. The number of hydrogen-bond acceptors (Lipinski definition) is 1. The average Bonchev–Trinajstić information content (AvgIpc) is 2.50. The van der Waals surface area contributed by atoms with E-state index in [-0.39, 0.29) is 11.6 Å². The van der Waals surface area contributed by atoms with Gasteiger partial charge in [0.15, 0.2) is 0 Å².